The predicted octanol–water partition coefficient (Wildman–Crippen LogP) is 2.74. The zero-order chi connectivity index (χ0) is 19.8. The Morgan fingerprint density at radius 1 is 1.14 bits per heavy atom. The van der Waals surface area contributed by atoms with Gasteiger partial charge in [-0.2, -0.15) is 0 Å². The summed E-state index contributed by atoms with van der Waals surface area (Å²) in [4.78, 5) is 23.6. The van der Waals surface area contributed by atoms with Gasteiger partial charge in [-0.05, 0) is 24.3 Å². The number of anilines is 1. The minimum absolute atomic E-state index is 0.0256. The zero-order valence-corrected chi connectivity index (χ0v) is 16.1. The number of nitrogens with zero attached hydrogens (tertiary/aromatic N) is 4. The first-order valence-corrected chi connectivity index (χ1v) is 9.64. The summed E-state index contributed by atoms with van der Waals surface area (Å²) in [6.07, 6.45) is 3.41. The third kappa shape index (κ3) is 3.30. The highest BCUT2D eigenvalue weighted by atomic mass is 16.3. The Bertz CT molecular complexity index is 1180. The zero-order valence-electron chi connectivity index (χ0n) is 16.1. The molecule has 0 amide bonds. The van der Waals surface area contributed by atoms with Crippen LogP contribution in [-0.4, -0.2) is 34.2 Å². The fourth-order valence-corrected chi connectivity index (χ4v) is 3.78. The van der Waals surface area contributed by atoms with Crippen LogP contribution in [0.2, 0.25) is 0 Å². The van der Waals surface area contributed by atoms with Crippen LogP contribution in [0.5, 0.6) is 0 Å². The molecule has 1 atom stereocenters. The third-order valence-electron chi connectivity index (χ3n) is 5.33. The summed E-state index contributed by atoms with van der Waals surface area (Å²) >= 11 is 0. The lowest BCUT2D eigenvalue weighted by Crippen LogP contribution is -2.47. The van der Waals surface area contributed by atoms with Gasteiger partial charge in [0.2, 0.25) is 5.95 Å². The summed E-state index contributed by atoms with van der Waals surface area (Å²) < 4.78 is 7.66. The van der Waals surface area contributed by atoms with E-state index in [4.69, 9.17) is 9.40 Å². The number of hydrogen-bond donors (Lipinski definition) is 1. The first-order valence-electron chi connectivity index (χ1n) is 9.64. The number of fused-ring (bicyclic) bond motifs is 1. The maximum absolute atomic E-state index is 12.6. The number of para-hydroxylation sites is 1. The number of pyridine rings is 1. The molecule has 1 aromatic carbocycles. The van der Waals surface area contributed by atoms with Crippen LogP contribution in [0.1, 0.15) is 11.8 Å². The molecule has 7 nitrogen and oxygen atoms in total. The Morgan fingerprint density at radius 2 is 1.97 bits per heavy atom. The number of nitrogens with one attached hydrogen (secondary N) is 1. The van der Waals surface area contributed by atoms with Gasteiger partial charge in [-0.15, -0.1) is 0 Å². The van der Waals surface area contributed by atoms with Crippen LogP contribution in [0.3, 0.4) is 0 Å². The lowest BCUT2D eigenvalue weighted by atomic mass is 10.1. The molecule has 0 radical (unpaired) electrons. The number of rotatable bonds is 3. The van der Waals surface area contributed by atoms with Crippen molar-refractivity contribution in [3.8, 4) is 11.3 Å². The van der Waals surface area contributed by atoms with E-state index in [1.165, 1.54) is 0 Å². The summed E-state index contributed by atoms with van der Waals surface area (Å²) in [7, 11) is 1.76. The van der Waals surface area contributed by atoms with E-state index in [1.807, 2.05) is 36.4 Å². The summed E-state index contributed by atoms with van der Waals surface area (Å²) in [6, 6.07) is 15.4. The average Bonchev–Trinajstić information content (AvgIpc) is 3.21. The van der Waals surface area contributed by atoms with Crippen LogP contribution in [0.15, 0.2) is 70.1 Å². The van der Waals surface area contributed by atoms with Crippen LogP contribution in [-0.2, 0) is 7.05 Å². The fourth-order valence-electron chi connectivity index (χ4n) is 3.78. The standard InChI is InChI=1S/C22H21N5O2/c1-26-21(28)13-17(15-6-8-23-9-7-15)25-22(26)27-11-10-24-18(14-27)20-12-16-4-2-3-5-19(16)29-20/h2-9,12-13,18,24H,10-11,14H2,1H3. The lowest BCUT2D eigenvalue weighted by Gasteiger charge is -2.34. The molecule has 5 rings (SSSR count). The van der Waals surface area contributed by atoms with Crippen molar-refractivity contribution in [2.24, 2.45) is 7.05 Å². The van der Waals surface area contributed by atoms with Crippen molar-refractivity contribution >= 4 is 16.9 Å². The molecule has 7 heteroatoms. The van der Waals surface area contributed by atoms with Crippen LogP contribution < -0.4 is 15.8 Å². The van der Waals surface area contributed by atoms with E-state index in [1.54, 1.807) is 30.1 Å². The van der Waals surface area contributed by atoms with Crippen LogP contribution >= 0.6 is 0 Å². The summed E-state index contributed by atoms with van der Waals surface area (Å²) in [5.41, 5.74) is 2.33. The van der Waals surface area contributed by atoms with Crippen LogP contribution in [0, 0.1) is 0 Å². The molecule has 146 valence electrons. The van der Waals surface area contributed by atoms with Crippen molar-refractivity contribution in [3.05, 3.63) is 77.0 Å². The first-order chi connectivity index (χ1) is 14.2. The van der Waals surface area contributed by atoms with Crippen molar-refractivity contribution in [3.63, 3.8) is 0 Å². The molecule has 1 aliphatic heterocycles. The van der Waals surface area contributed by atoms with E-state index in [-0.39, 0.29) is 11.6 Å². The van der Waals surface area contributed by atoms with Gasteiger partial charge in [0.15, 0.2) is 0 Å². The smallest absolute Gasteiger partial charge is 0.255 e. The molecule has 1 N–H and O–H groups in total. The van der Waals surface area contributed by atoms with Crippen molar-refractivity contribution in [2.75, 3.05) is 24.5 Å². The van der Waals surface area contributed by atoms with Crippen molar-refractivity contribution in [2.45, 2.75) is 6.04 Å². The largest absolute Gasteiger partial charge is 0.459 e. The lowest BCUT2D eigenvalue weighted by molar-refractivity contribution is 0.395. The summed E-state index contributed by atoms with van der Waals surface area (Å²) in [5, 5.41) is 4.61. The van der Waals surface area contributed by atoms with Gasteiger partial charge in [0, 0.05) is 56.1 Å². The third-order valence-corrected chi connectivity index (χ3v) is 5.33. The van der Waals surface area contributed by atoms with Gasteiger partial charge < -0.3 is 14.6 Å². The number of hydrogen-bond acceptors (Lipinski definition) is 6. The van der Waals surface area contributed by atoms with E-state index in [0.717, 1.165) is 35.4 Å². The molecule has 0 aliphatic carbocycles. The summed E-state index contributed by atoms with van der Waals surface area (Å²) in [5.74, 6) is 1.55. The second-order valence-electron chi connectivity index (χ2n) is 7.21. The van der Waals surface area contributed by atoms with E-state index < -0.39 is 0 Å². The molecule has 1 saturated heterocycles. The molecule has 0 saturated carbocycles. The maximum Gasteiger partial charge on any atom is 0.255 e. The summed E-state index contributed by atoms with van der Waals surface area (Å²) in [6.45, 7) is 2.20. The van der Waals surface area contributed by atoms with Crippen LogP contribution in [0.4, 0.5) is 5.95 Å². The number of benzene rings is 1. The number of furan rings is 1. The highest BCUT2D eigenvalue weighted by molar-refractivity contribution is 5.77. The van der Waals surface area contributed by atoms with E-state index in [9.17, 15) is 4.79 Å². The maximum atomic E-state index is 12.6. The average molecular weight is 387 g/mol. The molecule has 0 spiro atoms. The van der Waals surface area contributed by atoms with Gasteiger partial charge >= 0.3 is 0 Å². The number of aromatic nitrogens is 3. The molecule has 3 aromatic heterocycles. The normalized spacial score (nSPS) is 17.0. The molecular weight excluding hydrogens is 366 g/mol. The van der Waals surface area contributed by atoms with Gasteiger partial charge in [-0.25, -0.2) is 4.98 Å². The minimum atomic E-state index is -0.0827. The highest BCUT2D eigenvalue weighted by Gasteiger charge is 2.26. The SMILES string of the molecule is Cn1c(N2CCNC(c3cc4ccccc4o3)C2)nc(-c2ccncc2)cc1=O. The Morgan fingerprint density at radius 3 is 2.79 bits per heavy atom. The van der Waals surface area contributed by atoms with Crippen molar-refractivity contribution in [1.82, 2.24) is 19.9 Å². The topological polar surface area (TPSA) is 76.2 Å². The Hall–Kier alpha value is -3.45. The monoisotopic (exact) mass is 387 g/mol. The van der Waals surface area contributed by atoms with Gasteiger partial charge in [-0.3, -0.25) is 14.3 Å². The molecule has 1 aliphatic rings. The molecule has 1 fully saturated rings. The minimum Gasteiger partial charge on any atom is -0.459 e. The number of piperazine rings is 1. The molecule has 4 heterocycles. The van der Waals surface area contributed by atoms with Crippen molar-refractivity contribution in [1.29, 1.82) is 0 Å². The molecular formula is C22H21N5O2. The Labute approximate surface area is 167 Å². The quantitative estimate of drug-likeness (QED) is 0.583. The molecule has 1 unspecified atom stereocenters. The second kappa shape index (κ2) is 7.18. The van der Waals surface area contributed by atoms with E-state index >= 15 is 0 Å². The Balaban J connectivity index is 1.49. The molecule has 29 heavy (non-hydrogen) atoms. The first kappa shape index (κ1) is 17.6. The predicted molar refractivity (Wildman–Crippen MR) is 112 cm³/mol. The van der Waals surface area contributed by atoms with Gasteiger partial charge in [0.1, 0.15) is 11.3 Å². The van der Waals surface area contributed by atoms with E-state index in [0.29, 0.717) is 18.2 Å². The van der Waals surface area contributed by atoms with Gasteiger partial charge in [-0.1, -0.05) is 18.2 Å². The van der Waals surface area contributed by atoms with Crippen molar-refractivity contribution < 1.29 is 4.42 Å². The van der Waals surface area contributed by atoms with Gasteiger partial charge in [0.05, 0.1) is 11.7 Å². The fraction of sp³-hybridized carbons (Fsp3) is 0.227. The molecule has 4 aromatic rings. The molecule has 0 bridgehead atoms. The second-order valence-corrected chi connectivity index (χ2v) is 7.21. The van der Waals surface area contributed by atoms with Gasteiger partial charge in [0.25, 0.3) is 5.56 Å². The van der Waals surface area contributed by atoms with E-state index in [2.05, 4.69) is 21.3 Å². The highest BCUT2D eigenvalue weighted by Crippen LogP contribution is 2.27. The van der Waals surface area contributed by atoms with Crippen LogP contribution in [0.25, 0.3) is 22.2 Å². The Kier molecular flexibility index (Phi) is 4.37.